The summed E-state index contributed by atoms with van der Waals surface area (Å²) in [5.74, 6) is -0.301. The van der Waals surface area contributed by atoms with Crippen LogP contribution in [0, 0.1) is 5.92 Å². The molecule has 192 valence electrons. The van der Waals surface area contributed by atoms with E-state index < -0.39 is 5.97 Å². The van der Waals surface area contributed by atoms with Gasteiger partial charge in [0.05, 0.1) is 17.7 Å². The number of hydrogen-bond donors (Lipinski definition) is 0. The molecule has 0 fully saturated rings. The van der Waals surface area contributed by atoms with E-state index in [1.54, 1.807) is 24.3 Å². The molecule has 1 unspecified atom stereocenters. The molecule has 0 spiro atoms. The molecule has 0 N–H and O–H groups in total. The number of esters is 2. The Morgan fingerprint density at radius 3 is 1.69 bits per heavy atom. The van der Waals surface area contributed by atoms with Crippen molar-refractivity contribution in [2.24, 2.45) is 5.92 Å². The molecule has 0 radical (unpaired) electrons. The average Bonchev–Trinajstić information content (AvgIpc) is 2.90. The fourth-order valence-corrected chi connectivity index (χ4v) is 4.21. The Bertz CT molecular complexity index is 829. The fourth-order valence-electron chi connectivity index (χ4n) is 4.21. The van der Waals surface area contributed by atoms with Crippen molar-refractivity contribution >= 4 is 11.9 Å². The zero-order valence-electron chi connectivity index (χ0n) is 21.8. The summed E-state index contributed by atoms with van der Waals surface area (Å²) in [5, 5.41) is 0. The molecule has 4 nitrogen and oxygen atoms in total. The van der Waals surface area contributed by atoms with Crippen LogP contribution < -0.4 is 0 Å². The highest BCUT2D eigenvalue weighted by atomic mass is 16.5. The quantitative estimate of drug-likeness (QED) is 0.158. The normalized spacial score (nSPS) is 11.7. The first-order valence-electron chi connectivity index (χ1n) is 13.6. The van der Waals surface area contributed by atoms with Gasteiger partial charge in [-0.05, 0) is 48.6 Å². The Hall–Kier alpha value is -2.62. The molecule has 2 rings (SSSR count). The second kappa shape index (κ2) is 17.8. The van der Waals surface area contributed by atoms with Crippen LogP contribution in [0.4, 0.5) is 0 Å². The monoisotopic (exact) mass is 480 g/mol. The van der Waals surface area contributed by atoms with E-state index in [2.05, 4.69) is 13.8 Å². The van der Waals surface area contributed by atoms with Gasteiger partial charge in [0, 0.05) is 0 Å². The first-order chi connectivity index (χ1) is 17.1. The summed E-state index contributed by atoms with van der Waals surface area (Å²) in [7, 11) is 0. The highest BCUT2D eigenvalue weighted by Crippen LogP contribution is 2.20. The van der Waals surface area contributed by atoms with Gasteiger partial charge in [0.25, 0.3) is 0 Å². The lowest BCUT2D eigenvalue weighted by molar-refractivity contribution is 0.0418. The van der Waals surface area contributed by atoms with Crippen LogP contribution in [0.1, 0.15) is 117 Å². The molecule has 1 atom stereocenters. The van der Waals surface area contributed by atoms with Crippen LogP contribution in [0.3, 0.4) is 0 Å². The zero-order valence-corrected chi connectivity index (χ0v) is 21.8. The molecule has 0 bridgehead atoms. The summed E-state index contributed by atoms with van der Waals surface area (Å²) >= 11 is 0. The molecule has 0 amide bonds. The van der Waals surface area contributed by atoms with E-state index in [0.29, 0.717) is 23.7 Å². The Balaban J connectivity index is 1.79. The third-order valence-corrected chi connectivity index (χ3v) is 6.45. The van der Waals surface area contributed by atoms with E-state index in [0.717, 1.165) is 18.4 Å². The second-order valence-electron chi connectivity index (χ2n) is 9.51. The SMILES string of the molecule is CCCCCCCCC(CCCCCC)COC(=O)c1ccc(C(=O)OCc2ccccc2)cc1. The van der Waals surface area contributed by atoms with Crippen LogP contribution in [-0.4, -0.2) is 18.5 Å². The average molecular weight is 481 g/mol. The van der Waals surface area contributed by atoms with E-state index in [4.69, 9.17) is 9.47 Å². The Kier molecular flexibility index (Phi) is 14.5. The Morgan fingerprint density at radius 1 is 0.629 bits per heavy atom. The van der Waals surface area contributed by atoms with Gasteiger partial charge in [-0.15, -0.1) is 0 Å². The predicted octanol–water partition coefficient (Wildman–Crippen LogP) is 8.54. The van der Waals surface area contributed by atoms with Crippen molar-refractivity contribution in [3.8, 4) is 0 Å². The maximum absolute atomic E-state index is 12.6. The van der Waals surface area contributed by atoms with Crippen LogP contribution in [0.25, 0.3) is 0 Å². The molecule has 0 saturated heterocycles. The van der Waals surface area contributed by atoms with Crippen LogP contribution in [-0.2, 0) is 16.1 Å². The summed E-state index contributed by atoms with van der Waals surface area (Å²) < 4.78 is 11.1. The van der Waals surface area contributed by atoms with E-state index in [-0.39, 0.29) is 12.6 Å². The van der Waals surface area contributed by atoms with Crippen LogP contribution in [0.5, 0.6) is 0 Å². The predicted molar refractivity (Wildman–Crippen MR) is 143 cm³/mol. The topological polar surface area (TPSA) is 52.6 Å². The lowest BCUT2D eigenvalue weighted by Gasteiger charge is -2.17. The third kappa shape index (κ3) is 12.1. The maximum Gasteiger partial charge on any atom is 0.338 e. The second-order valence-corrected chi connectivity index (χ2v) is 9.51. The first kappa shape index (κ1) is 28.6. The largest absolute Gasteiger partial charge is 0.462 e. The number of carbonyl (C=O) groups is 2. The minimum absolute atomic E-state index is 0.224. The maximum atomic E-state index is 12.6. The zero-order chi connectivity index (χ0) is 25.1. The lowest BCUT2D eigenvalue weighted by Crippen LogP contribution is -2.15. The van der Waals surface area contributed by atoms with Gasteiger partial charge in [-0.25, -0.2) is 9.59 Å². The number of hydrogen-bond acceptors (Lipinski definition) is 4. The molecule has 0 aliphatic rings. The van der Waals surface area contributed by atoms with E-state index in [1.807, 2.05) is 30.3 Å². The van der Waals surface area contributed by atoms with Gasteiger partial charge in [0.15, 0.2) is 0 Å². The molecular formula is C31H44O4. The van der Waals surface area contributed by atoms with Crippen molar-refractivity contribution in [1.82, 2.24) is 0 Å². The lowest BCUT2D eigenvalue weighted by atomic mass is 9.95. The Labute approximate surface area is 212 Å². The molecule has 2 aromatic rings. The molecule has 0 heterocycles. The van der Waals surface area contributed by atoms with Crippen LogP contribution in [0.2, 0.25) is 0 Å². The van der Waals surface area contributed by atoms with E-state index in [1.165, 1.54) is 64.2 Å². The fraction of sp³-hybridized carbons (Fsp3) is 0.548. The molecule has 0 aromatic heterocycles. The van der Waals surface area contributed by atoms with E-state index in [9.17, 15) is 9.59 Å². The number of ether oxygens (including phenoxy) is 2. The number of benzene rings is 2. The van der Waals surface area contributed by atoms with E-state index >= 15 is 0 Å². The first-order valence-corrected chi connectivity index (χ1v) is 13.6. The summed E-state index contributed by atoms with van der Waals surface area (Å²) in [4.78, 5) is 24.9. The molecule has 35 heavy (non-hydrogen) atoms. The highest BCUT2D eigenvalue weighted by molar-refractivity contribution is 5.93. The van der Waals surface area contributed by atoms with Crippen LogP contribution in [0.15, 0.2) is 54.6 Å². The van der Waals surface area contributed by atoms with Gasteiger partial charge in [0.1, 0.15) is 6.61 Å². The van der Waals surface area contributed by atoms with Crippen molar-refractivity contribution < 1.29 is 19.1 Å². The van der Waals surface area contributed by atoms with Crippen molar-refractivity contribution in [2.45, 2.75) is 97.5 Å². The summed E-state index contributed by atoms with van der Waals surface area (Å²) in [6.07, 6.45) is 14.9. The molecular weight excluding hydrogens is 436 g/mol. The van der Waals surface area contributed by atoms with Gasteiger partial charge in [-0.1, -0.05) is 108 Å². The van der Waals surface area contributed by atoms with Gasteiger partial charge in [0.2, 0.25) is 0 Å². The molecule has 2 aromatic carbocycles. The summed E-state index contributed by atoms with van der Waals surface area (Å²) in [6.45, 7) is 5.16. The van der Waals surface area contributed by atoms with Gasteiger partial charge in [-0.2, -0.15) is 0 Å². The van der Waals surface area contributed by atoms with Crippen molar-refractivity contribution in [3.63, 3.8) is 0 Å². The van der Waals surface area contributed by atoms with Gasteiger partial charge >= 0.3 is 11.9 Å². The van der Waals surface area contributed by atoms with Gasteiger partial charge in [-0.3, -0.25) is 0 Å². The van der Waals surface area contributed by atoms with Crippen LogP contribution >= 0.6 is 0 Å². The molecule has 0 saturated carbocycles. The molecule has 0 aliphatic heterocycles. The molecule has 4 heteroatoms. The minimum Gasteiger partial charge on any atom is -0.462 e. The Morgan fingerprint density at radius 2 is 1.11 bits per heavy atom. The minimum atomic E-state index is -0.403. The van der Waals surface area contributed by atoms with Gasteiger partial charge < -0.3 is 9.47 Å². The summed E-state index contributed by atoms with van der Waals surface area (Å²) in [5.41, 5.74) is 1.83. The molecule has 0 aliphatic carbocycles. The van der Waals surface area contributed by atoms with Crippen molar-refractivity contribution in [3.05, 3.63) is 71.3 Å². The number of unbranched alkanes of at least 4 members (excludes halogenated alkanes) is 8. The highest BCUT2D eigenvalue weighted by Gasteiger charge is 2.15. The summed E-state index contributed by atoms with van der Waals surface area (Å²) in [6, 6.07) is 16.1. The standard InChI is InChI=1S/C31H44O4/c1-3-5-7-9-10-13-17-26(16-12-8-6-4-2)24-34-30(32)28-20-22-29(23-21-28)31(33)35-25-27-18-14-11-15-19-27/h11,14-15,18-23,26H,3-10,12-13,16-17,24-25H2,1-2H3. The smallest absolute Gasteiger partial charge is 0.338 e. The van der Waals surface area contributed by atoms with Crippen molar-refractivity contribution in [2.75, 3.05) is 6.61 Å². The number of rotatable bonds is 18. The third-order valence-electron chi connectivity index (χ3n) is 6.45. The number of carbonyl (C=O) groups excluding carboxylic acids is 2. The van der Waals surface area contributed by atoms with Crippen molar-refractivity contribution in [1.29, 1.82) is 0 Å².